The Hall–Kier alpha value is -3.28. The van der Waals surface area contributed by atoms with E-state index in [-0.39, 0.29) is 11.7 Å². The Balaban J connectivity index is 1.48. The first kappa shape index (κ1) is 17.5. The quantitative estimate of drug-likeness (QED) is 0.680. The van der Waals surface area contributed by atoms with Crippen molar-refractivity contribution in [3.8, 4) is 0 Å². The monoisotopic (exact) mass is 350 g/mol. The van der Waals surface area contributed by atoms with Gasteiger partial charge in [0.05, 0.1) is 0 Å². The fraction of sp³-hybridized carbons (Fsp3) is 0.150. The second kappa shape index (κ2) is 8.71. The zero-order valence-corrected chi connectivity index (χ0v) is 14.2. The maximum Gasteiger partial charge on any atom is 0.225 e. The molecule has 0 aliphatic rings. The summed E-state index contributed by atoms with van der Waals surface area (Å²) in [5, 5.41) is 13.7. The highest BCUT2D eigenvalue weighted by molar-refractivity contribution is 5.89. The van der Waals surface area contributed by atoms with Crippen molar-refractivity contribution in [2.45, 2.75) is 19.4 Å². The lowest BCUT2D eigenvalue weighted by atomic mass is 10.1. The Bertz CT molecular complexity index is 853. The molecule has 6 heteroatoms. The lowest BCUT2D eigenvalue weighted by Crippen LogP contribution is -2.14. The zero-order valence-electron chi connectivity index (χ0n) is 14.2. The van der Waals surface area contributed by atoms with Crippen molar-refractivity contribution in [3.05, 3.63) is 83.7 Å². The van der Waals surface area contributed by atoms with Crippen molar-refractivity contribution in [1.29, 1.82) is 0 Å². The van der Waals surface area contributed by atoms with Crippen molar-refractivity contribution >= 4 is 17.5 Å². The number of anilines is 2. The van der Waals surface area contributed by atoms with Crippen LogP contribution in [0.15, 0.2) is 66.7 Å². The van der Waals surface area contributed by atoms with Gasteiger partial charge in [-0.2, -0.15) is 0 Å². The highest BCUT2D eigenvalue weighted by Crippen LogP contribution is 2.11. The van der Waals surface area contributed by atoms with Crippen LogP contribution in [0.25, 0.3) is 0 Å². The number of amides is 1. The van der Waals surface area contributed by atoms with Gasteiger partial charge in [-0.15, -0.1) is 10.2 Å². The molecule has 0 aliphatic carbocycles. The van der Waals surface area contributed by atoms with Crippen LogP contribution in [0.5, 0.6) is 0 Å². The lowest BCUT2D eigenvalue weighted by Gasteiger charge is -2.07. The first-order valence-corrected chi connectivity index (χ1v) is 8.35. The van der Waals surface area contributed by atoms with E-state index >= 15 is 0 Å². The van der Waals surface area contributed by atoms with Crippen molar-refractivity contribution < 1.29 is 9.18 Å². The lowest BCUT2D eigenvalue weighted by molar-refractivity contribution is -0.116. The minimum absolute atomic E-state index is 0.116. The van der Waals surface area contributed by atoms with Crippen molar-refractivity contribution in [3.63, 3.8) is 0 Å². The molecule has 0 radical (unpaired) electrons. The Morgan fingerprint density at radius 3 is 2.31 bits per heavy atom. The van der Waals surface area contributed by atoms with Crippen LogP contribution in [0.3, 0.4) is 0 Å². The average molecular weight is 350 g/mol. The van der Waals surface area contributed by atoms with E-state index in [0.29, 0.717) is 36.6 Å². The van der Waals surface area contributed by atoms with Crippen LogP contribution in [-0.4, -0.2) is 16.1 Å². The second-order valence-electron chi connectivity index (χ2n) is 5.78. The molecule has 0 saturated carbocycles. The number of benzene rings is 2. The number of halogens is 1. The predicted molar refractivity (Wildman–Crippen MR) is 99.2 cm³/mol. The molecule has 0 unspecified atom stereocenters. The van der Waals surface area contributed by atoms with Crippen LogP contribution >= 0.6 is 0 Å². The molecule has 5 nitrogen and oxygen atoms in total. The SMILES string of the molecule is O=C(CCc1ccccc1)Nc1ccc(NCc2ccccc2F)nn1. The van der Waals surface area contributed by atoms with Gasteiger partial charge in [-0.05, 0) is 30.2 Å². The molecule has 3 aromatic rings. The number of aryl methyl sites for hydroxylation is 1. The van der Waals surface area contributed by atoms with Gasteiger partial charge in [0, 0.05) is 18.5 Å². The summed E-state index contributed by atoms with van der Waals surface area (Å²) < 4.78 is 13.6. The Morgan fingerprint density at radius 2 is 1.58 bits per heavy atom. The molecule has 1 aromatic heterocycles. The van der Waals surface area contributed by atoms with E-state index < -0.39 is 0 Å². The summed E-state index contributed by atoms with van der Waals surface area (Å²) in [5.41, 5.74) is 1.66. The Morgan fingerprint density at radius 1 is 0.885 bits per heavy atom. The summed E-state index contributed by atoms with van der Waals surface area (Å²) in [7, 11) is 0. The molecule has 2 N–H and O–H groups in total. The highest BCUT2D eigenvalue weighted by atomic mass is 19.1. The maximum atomic E-state index is 13.6. The van der Waals surface area contributed by atoms with Crippen molar-refractivity contribution in [2.75, 3.05) is 10.6 Å². The number of carbonyl (C=O) groups is 1. The van der Waals surface area contributed by atoms with E-state index in [2.05, 4.69) is 20.8 Å². The zero-order chi connectivity index (χ0) is 18.2. The third kappa shape index (κ3) is 5.11. The molecule has 2 aromatic carbocycles. The van der Waals surface area contributed by atoms with Gasteiger partial charge < -0.3 is 10.6 Å². The summed E-state index contributed by atoms with van der Waals surface area (Å²) in [6.45, 7) is 0.310. The van der Waals surface area contributed by atoms with Crippen LogP contribution in [0, 0.1) is 5.82 Å². The number of hydrogen-bond donors (Lipinski definition) is 2. The molecule has 0 fully saturated rings. The van der Waals surface area contributed by atoms with E-state index in [4.69, 9.17) is 0 Å². The fourth-order valence-electron chi connectivity index (χ4n) is 2.43. The van der Waals surface area contributed by atoms with Crippen LogP contribution in [-0.2, 0) is 17.8 Å². The molecule has 3 rings (SSSR count). The second-order valence-corrected chi connectivity index (χ2v) is 5.78. The number of hydrogen-bond acceptors (Lipinski definition) is 4. The number of nitrogens with zero attached hydrogens (tertiary/aromatic N) is 2. The number of aromatic nitrogens is 2. The molecule has 0 bridgehead atoms. The Labute approximate surface area is 151 Å². The standard InChI is InChI=1S/C20H19FN4O/c21-17-9-5-4-8-16(17)14-22-18-11-12-19(25-24-18)23-20(26)13-10-15-6-2-1-3-7-15/h1-9,11-12H,10,13-14H2,(H,22,24)(H,23,25,26). The van der Waals surface area contributed by atoms with Crippen LogP contribution in [0.4, 0.5) is 16.0 Å². The number of nitrogens with one attached hydrogen (secondary N) is 2. The summed E-state index contributed by atoms with van der Waals surface area (Å²) in [6.07, 6.45) is 1.04. The van der Waals surface area contributed by atoms with E-state index in [0.717, 1.165) is 5.56 Å². The molecule has 0 spiro atoms. The van der Waals surface area contributed by atoms with Crippen LogP contribution < -0.4 is 10.6 Å². The summed E-state index contributed by atoms with van der Waals surface area (Å²) in [4.78, 5) is 12.0. The van der Waals surface area contributed by atoms with Gasteiger partial charge in [0.15, 0.2) is 5.82 Å². The van der Waals surface area contributed by atoms with Gasteiger partial charge >= 0.3 is 0 Å². The summed E-state index contributed by atoms with van der Waals surface area (Å²) in [5.74, 6) is 0.514. The topological polar surface area (TPSA) is 66.9 Å². The van der Waals surface area contributed by atoms with Gasteiger partial charge in [-0.3, -0.25) is 4.79 Å². The van der Waals surface area contributed by atoms with Gasteiger partial charge in [-0.25, -0.2) is 4.39 Å². The molecule has 26 heavy (non-hydrogen) atoms. The van der Waals surface area contributed by atoms with E-state index in [1.165, 1.54) is 6.07 Å². The van der Waals surface area contributed by atoms with Gasteiger partial charge in [0.25, 0.3) is 0 Å². The van der Waals surface area contributed by atoms with E-state index in [1.54, 1.807) is 30.3 Å². The molecule has 0 aliphatic heterocycles. The minimum Gasteiger partial charge on any atom is -0.364 e. The minimum atomic E-state index is -0.268. The van der Waals surface area contributed by atoms with Gasteiger partial charge in [-0.1, -0.05) is 48.5 Å². The van der Waals surface area contributed by atoms with Crippen LogP contribution in [0.2, 0.25) is 0 Å². The normalized spacial score (nSPS) is 10.3. The average Bonchev–Trinajstić information content (AvgIpc) is 2.68. The third-order valence-corrected chi connectivity index (χ3v) is 3.83. The van der Waals surface area contributed by atoms with Crippen molar-refractivity contribution in [2.24, 2.45) is 0 Å². The van der Waals surface area contributed by atoms with Gasteiger partial charge in [0.2, 0.25) is 5.91 Å². The maximum absolute atomic E-state index is 13.6. The predicted octanol–water partition coefficient (Wildman–Crippen LogP) is 3.80. The van der Waals surface area contributed by atoms with Gasteiger partial charge in [0.1, 0.15) is 11.6 Å². The fourth-order valence-corrected chi connectivity index (χ4v) is 2.43. The smallest absolute Gasteiger partial charge is 0.225 e. The molecule has 132 valence electrons. The third-order valence-electron chi connectivity index (χ3n) is 3.83. The number of carbonyl (C=O) groups excluding carboxylic acids is 1. The van der Waals surface area contributed by atoms with Crippen LogP contribution in [0.1, 0.15) is 17.5 Å². The molecule has 0 atom stereocenters. The largest absolute Gasteiger partial charge is 0.364 e. The first-order chi connectivity index (χ1) is 12.7. The first-order valence-electron chi connectivity index (χ1n) is 8.35. The molecule has 0 saturated heterocycles. The summed E-state index contributed by atoms with van der Waals surface area (Å²) >= 11 is 0. The molecule has 1 amide bonds. The molecule has 1 heterocycles. The number of rotatable bonds is 7. The molecular formula is C20H19FN4O. The van der Waals surface area contributed by atoms with E-state index in [9.17, 15) is 9.18 Å². The Kier molecular flexibility index (Phi) is 5.88. The summed E-state index contributed by atoms with van der Waals surface area (Å²) in [6, 6.07) is 19.7. The van der Waals surface area contributed by atoms with Crippen molar-refractivity contribution in [1.82, 2.24) is 10.2 Å². The van der Waals surface area contributed by atoms with E-state index in [1.807, 2.05) is 30.3 Å². The molecular weight excluding hydrogens is 331 g/mol. The highest BCUT2D eigenvalue weighted by Gasteiger charge is 2.06.